The Morgan fingerprint density at radius 3 is 2.50 bits per heavy atom. The number of benzene rings is 3. The highest BCUT2D eigenvalue weighted by Crippen LogP contribution is 2.28. The number of hydrogen-bond acceptors (Lipinski definition) is 3. The first-order valence-corrected chi connectivity index (χ1v) is 13.0. The lowest BCUT2D eigenvalue weighted by Crippen LogP contribution is -2.52. The van der Waals surface area contributed by atoms with E-state index in [4.69, 9.17) is 16.3 Å². The van der Waals surface area contributed by atoms with E-state index in [0.29, 0.717) is 22.9 Å². The molecule has 0 heterocycles. The average molecular weight is 576 g/mol. The molecule has 0 aliphatic heterocycles. The summed E-state index contributed by atoms with van der Waals surface area (Å²) in [5.74, 6) is -0.856. The lowest BCUT2D eigenvalue weighted by Gasteiger charge is -2.31. The molecule has 0 aliphatic carbocycles. The van der Waals surface area contributed by atoms with Crippen LogP contribution in [0.25, 0.3) is 0 Å². The average Bonchev–Trinajstić information content (AvgIpc) is 2.87. The maximum atomic E-state index is 14.6. The molecule has 3 aromatic rings. The smallest absolute Gasteiger partial charge is 0.261 e. The minimum Gasteiger partial charge on any atom is -0.482 e. The molecular weight excluding hydrogens is 547 g/mol. The van der Waals surface area contributed by atoms with Crippen molar-refractivity contribution in [2.24, 2.45) is 0 Å². The highest BCUT2D eigenvalue weighted by Gasteiger charge is 2.31. The lowest BCUT2D eigenvalue weighted by atomic mass is 10.0. The summed E-state index contributed by atoms with van der Waals surface area (Å²) in [6.45, 7) is 2.09. The molecule has 3 rings (SSSR count). The van der Waals surface area contributed by atoms with Crippen LogP contribution in [0.3, 0.4) is 0 Å². The zero-order valence-corrected chi connectivity index (χ0v) is 22.4. The van der Waals surface area contributed by atoms with Gasteiger partial charge in [0.1, 0.15) is 17.6 Å². The number of carbonyl (C=O) groups is 2. The quantitative estimate of drug-likeness (QED) is 0.263. The highest BCUT2D eigenvalue weighted by atomic mass is 79.9. The van der Waals surface area contributed by atoms with Crippen LogP contribution in [0.2, 0.25) is 5.02 Å². The minimum atomic E-state index is -0.861. The van der Waals surface area contributed by atoms with E-state index in [1.165, 1.54) is 11.0 Å². The second-order valence-corrected chi connectivity index (χ2v) is 9.65. The number of halogens is 3. The van der Waals surface area contributed by atoms with Gasteiger partial charge in [0, 0.05) is 29.5 Å². The van der Waals surface area contributed by atoms with E-state index in [-0.39, 0.29) is 25.5 Å². The minimum absolute atomic E-state index is 0.0817. The van der Waals surface area contributed by atoms with Crippen LogP contribution < -0.4 is 10.1 Å². The van der Waals surface area contributed by atoms with Crippen molar-refractivity contribution in [1.29, 1.82) is 0 Å². The van der Waals surface area contributed by atoms with E-state index in [9.17, 15) is 14.0 Å². The molecule has 0 aromatic heterocycles. The van der Waals surface area contributed by atoms with Gasteiger partial charge in [0.05, 0.1) is 5.02 Å². The third kappa shape index (κ3) is 8.07. The standard InChI is InChI=1S/C28H29BrClFN2O3/c1-2-3-15-32-28(35)25(16-20-9-5-4-6-10-20)33(18-21-11-7-8-12-24(21)31)27(34)19-36-26-14-13-22(29)17-23(26)30/h4-14,17,25H,2-3,15-16,18-19H2,1H3,(H,32,35)/t25-/m1/s1. The number of ether oxygens (including phenoxy) is 1. The molecule has 0 unspecified atom stereocenters. The Bertz CT molecular complexity index is 1160. The number of hydrogen-bond donors (Lipinski definition) is 1. The van der Waals surface area contributed by atoms with E-state index in [1.54, 1.807) is 36.4 Å². The molecule has 0 bridgehead atoms. The first kappa shape index (κ1) is 27.7. The van der Waals surface area contributed by atoms with Crippen molar-refractivity contribution in [2.45, 2.75) is 38.8 Å². The Morgan fingerprint density at radius 2 is 1.81 bits per heavy atom. The topological polar surface area (TPSA) is 58.6 Å². The van der Waals surface area contributed by atoms with Crippen LogP contribution in [0.1, 0.15) is 30.9 Å². The van der Waals surface area contributed by atoms with Gasteiger partial charge in [0.2, 0.25) is 5.91 Å². The van der Waals surface area contributed by atoms with Crippen molar-refractivity contribution in [2.75, 3.05) is 13.2 Å². The second kappa shape index (κ2) is 14.0. The molecule has 2 amide bonds. The molecule has 0 radical (unpaired) electrons. The van der Waals surface area contributed by atoms with E-state index < -0.39 is 17.8 Å². The molecule has 0 saturated carbocycles. The maximum absolute atomic E-state index is 14.6. The van der Waals surface area contributed by atoms with Gasteiger partial charge in [-0.1, -0.05) is 89.4 Å². The van der Waals surface area contributed by atoms with E-state index in [2.05, 4.69) is 21.2 Å². The van der Waals surface area contributed by atoms with Gasteiger partial charge in [-0.3, -0.25) is 9.59 Å². The molecule has 0 spiro atoms. The van der Waals surface area contributed by atoms with Crippen LogP contribution in [0.4, 0.5) is 4.39 Å². The van der Waals surface area contributed by atoms with Gasteiger partial charge in [0.25, 0.3) is 5.91 Å². The van der Waals surface area contributed by atoms with Crippen molar-refractivity contribution in [3.63, 3.8) is 0 Å². The van der Waals surface area contributed by atoms with Gasteiger partial charge in [-0.05, 0) is 36.2 Å². The van der Waals surface area contributed by atoms with Gasteiger partial charge in [-0.2, -0.15) is 0 Å². The number of nitrogens with zero attached hydrogens (tertiary/aromatic N) is 1. The monoisotopic (exact) mass is 574 g/mol. The molecule has 190 valence electrons. The summed E-state index contributed by atoms with van der Waals surface area (Å²) in [4.78, 5) is 28.3. The van der Waals surface area contributed by atoms with Crippen LogP contribution in [0.5, 0.6) is 5.75 Å². The van der Waals surface area contributed by atoms with Crippen LogP contribution in [0, 0.1) is 5.82 Å². The Morgan fingerprint density at radius 1 is 1.08 bits per heavy atom. The van der Waals surface area contributed by atoms with E-state index in [0.717, 1.165) is 22.9 Å². The normalized spacial score (nSPS) is 11.6. The summed E-state index contributed by atoms with van der Waals surface area (Å²) in [5, 5.41) is 3.28. The zero-order valence-electron chi connectivity index (χ0n) is 20.1. The van der Waals surface area contributed by atoms with Crippen molar-refractivity contribution in [1.82, 2.24) is 10.2 Å². The van der Waals surface area contributed by atoms with Gasteiger partial charge < -0.3 is 15.0 Å². The summed E-state index contributed by atoms with van der Waals surface area (Å²) < 4.78 is 21.1. The fourth-order valence-electron chi connectivity index (χ4n) is 3.68. The van der Waals surface area contributed by atoms with Crippen LogP contribution >= 0.6 is 27.5 Å². The number of carbonyl (C=O) groups excluding carboxylic acids is 2. The first-order chi connectivity index (χ1) is 17.4. The Labute approximate surface area is 224 Å². The summed E-state index contributed by atoms with van der Waals surface area (Å²) in [6, 6.07) is 19.9. The Kier molecular flexibility index (Phi) is 10.8. The number of nitrogens with one attached hydrogen (secondary N) is 1. The molecule has 0 saturated heterocycles. The van der Waals surface area contributed by atoms with E-state index in [1.807, 2.05) is 37.3 Å². The zero-order chi connectivity index (χ0) is 25.9. The maximum Gasteiger partial charge on any atom is 0.261 e. The molecule has 36 heavy (non-hydrogen) atoms. The van der Waals surface area contributed by atoms with Gasteiger partial charge in [-0.15, -0.1) is 0 Å². The Hall–Kier alpha value is -2.90. The molecule has 5 nitrogen and oxygen atoms in total. The predicted molar refractivity (Wildman–Crippen MR) is 143 cm³/mol. The molecule has 1 N–H and O–H groups in total. The molecule has 0 fully saturated rings. The molecule has 0 aliphatic rings. The second-order valence-electron chi connectivity index (χ2n) is 8.33. The molecule has 8 heteroatoms. The van der Waals surface area contributed by atoms with Crippen LogP contribution in [-0.4, -0.2) is 35.9 Å². The van der Waals surface area contributed by atoms with E-state index >= 15 is 0 Å². The summed E-state index contributed by atoms with van der Waals surface area (Å²) in [5.41, 5.74) is 1.20. The third-order valence-corrected chi connectivity index (χ3v) is 6.43. The molecular formula is C28H29BrClFN2O3. The number of unbranched alkanes of at least 4 members (excludes halogenated alkanes) is 1. The van der Waals surface area contributed by atoms with Gasteiger partial charge in [-0.25, -0.2) is 4.39 Å². The van der Waals surface area contributed by atoms with Crippen LogP contribution in [0.15, 0.2) is 77.3 Å². The van der Waals surface area contributed by atoms with Crippen molar-refractivity contribution < 1.29 is 18.7 Å². The van der Waals surface area contributed by atoms with Crippen molar-refractivity contribution >= 4 is 39.3 Å². The summed E-state index contributed by atoms with van der Waals surface area (Å²) in [6.07, 6.45) is 2.01. The van der Waals surface area contributed by atoms with Gasteiger partial charge in [0.15, 0.2) is 6.61 Å². The fraction of sp³-hybridized carbons (Fsp3) is 0.286. The Balaban J connectivity index is 1.90. The summed E-state index contributed by atoms with van der Waals surface area (Å²) >= 11 is 9.58. The first-order valence-electron chi connectivity index (χ1n) is 11.8. The summed E-state index contributed by atoms with van der Waals surface area (Å²) in [7, 11) is 0. The predicted octanol–water partition coefficient (Wildman–Crippen LogP) is 6.18. The van der Waals surface area contributed by atoms with Crippen molar-refractivity contribution in [3.05, 3.63) is 99.2 Å². The number of amides is 2. The highest BCUT2D eigenvalue weighted by molar-refractivity contribution is 9.10. The third-order valence-electron chi connectivity index (χ3n) is 5.64. The number of rotatable bonds is 12. The molecule has 3 aromatic carbocycles. The van der Waals surface area contributed by atoms with Gasteiger partial charge >= 0.3 is 0 Å². The lowest BCUT2D eigenvalue weighted by molar-refractivity contribution is -0.142. The largest absolute Gasteiger partial charge is 0.482 e. The molecule has 1 atom stereocenters. The fourth-order valence-corrected chi connectivity index (χ4v) is 4.41. The van der Waals surface area contributed by atoms with Crippen LogP contribution in [-0.2, 0) is 22.6 Å². The SMILES string of the molecule is CCCCNC(=O)[C@@H](Cc1ccccc1)N(Cc1ccccc1F)C(=O)COc1ccc(Br)cc1Cl. The van der Waals surface area contributed by atoms with Crippen molar-refractivity contribution in [3.8, 4) is 5.75 Å².